The molecule has 0 atom stereocenters. The van der Waals surface area contributed by atoms with Crippen molar-refractivity contribution in [2.45, 2.75) is 38.9 Å². The molecule has 5 heteroatoms. The molecule has 0 aliphatic carbocycles. The normalized spacial score (nSPS) is 19.5. The summed E-state index contributed by atoms with van der Waals surface area (Å²) < 4.78 is 26.1. The molecular weight excluding hydrogens is 304 g/mol. The topological polar surface area (TPSA) is 31.4 Å². The van der Waals surface area contributed by atoms with Crippen molar-refractivity contribution in [2.24, 2.45) is 0 Å². The molecule has 0 spiro atoms. The fourth-order valence-corrected chi connectivity index (χ4v) is 2.49. The van der Waals surface area contributed by atoms with Crippen LogP contribution in [-0.4, -0.2) is 23.3 Å². The quantitative estimate of drug-likeness (QED) is 0.767. The fourth-order valence-electron chi connectivity index (χ4n) is 2.49. The molecule has 2 heterocycles. The highest BCUT2D eigenvalue weighted by Gasteiger charge is 2.53. The summed E-state index contributed by atoms with van der Waals surface area (Å²) in [5.74, 6) is 0. The van der Waals surface area contributed by atoms with E-state index < -0.39 is 24.0 Å². The largest absolute Gasteiger partial charge is 0.525 e. The van der Waals surface area contributed by atoms with Crippen LogP contribution < -0.4 is 0 Å². The van der Waals surface area contributed by atoms with E-state index in [-0.39, 0.29) is 0 Å². The molecule has 0 unspecified atom stereocenters. The number of pyridine rings is 1. The lowest BCUT2D eigenvalue weighted by molar-refractivity contribution is 0.00578. The first-order chi connectivity index (χ1) is 11.3. The minimum atomic E-state index is -0.983. The Bertz CT molecular complexity index is 743. The average molecular weight is 325 g/mol. The first-order valence-corrected chi connectivity index (χ1v) is 8.03. The number of rotatable bonds is 3. The van der Waals surface area contributed by atoms with Crippen molar-refractivity contribution in [1.82, 2.24) is 4.98 Å². The molecule has 3 nitrogen and oxygen atoms in total. The second-order valence-corrected chi connectivity index (χ2v) is 6.96. The van der Waals surface area contributed by atoms with E-state index in [9.17, 15) is 4.39 Å². The third kappa shape index (κ3) is 3.28. The van der Waals surface area contributed by atoms with Crippen molar-refractivity contribution in [2.75, 3.05) is 0 Å². The van der Waals surface area contributed by atoms with Crippen LogP contribution in [0.2, 0.25) is 0 Å². The SMILES string of the molecule is CC1(C)OB(C(F)=Cc2ccnc(-c3ccccc3)c2)OC1(C)C. The summed E-state index contributed by atoms with van der Waals surface area (Å²) >= 11 is 0. The van der Waals surface area contributed by atoms with Crippen molar-refractivity contribution >= 4 is 13.2 Å². The lowest BCUT2D eigenvalue weighted by Gasteiger charge is -2.32. The lowest BCUT2D eigenvalue weighted by atomic mass is 9.87. The fraction of sp³-hybridized carbons (Fsp3) is 0.316. The van der Waals surface area contributed by atoms with E-state index in [1.807, 2.05) is 64.1 Å². The van der Waals surface area contributed by atoms with Crippen LogP contribution in [0.25, 0.3) is 17.3 Å². The van der Waals surface area contributed by atoms with Crippen LogP contribution in [0, 0.1) is 0 Å². The molecule has 1 aliphatic rings. The molecular formula is C19H21BFNO2. The number of aromatic nitrogens is 1. The summed E-state index contributed by atoms with van der Waals surface area (Å²) in [4.78, 5) is 4.35. The lowest BCUT2D eigenvalue weighted by Crippen LogP contribution is -2.41. The third-order valence-corrected chi connectivity index (χ3v) is 4.64. The maximum absolute atomic E-state index is 14.6. The van der Waals surface area contributed by atoms with Crippen molar-refractivity contribution in [3.63, 3.8) is 0 Å². The van der Waals surface area contributed by atoms with Gasteiger partial charge in [0.15, 0.2) is 0 Å². The Morgan fingerprint density at radius 1 is 1.04 bits per heavy atom. The maximum Gasteiger partial charge on any atom is 0.525 e. The summed E-state index contributed by atoms with van der Waals surface area (Å²) in [6.07, 6.45) is 3.11. The number of nitrogens with zero attached hydrogens (tertiary/aromatic N) is 1. The van der Waals surface area contributed by atoms with Crippen LogP contribution in [0.5, 0.6) is 0 Å². The molecule has 24 heavy (non-hydrogen) atoms. The highest BCUT2D eigenvalue weighted by Crippen LogP contribution is 2.39. The smallest absolute Gasteiger partial charge is 0.398 e. The summed E-state index contributed by atoms with van der Waals surface area (Å²) in [6.45, 7) is 7.61. The maximum atomic E-state index is 14.6. The Morgan fingerprint density at radius 2 is 1.67 bits per heavy atom. The number of hydrogen-bond acceptors (Lipinski definition) is 3. The van der Waals surface area contributed by atoms with E-state index in [1.165, 1.54) is 6.08 Å². The van der Waals surface area contributed by atoms with Gasteiger partial charge in [0, 0.05) is 11.8 Å². The van der Waals surface area contributed by atoms with Crippen LogP contribution >= 0.6 is 0 Å². The Morgan fingerprint density at radius 3 is 2.29 bits per heavy atom. The predicted octanol–water partition coefficient (Wildman–Crippen LogP) is 4.69. The van der Waals surface area contributed by atoms with Crippen LogP contribution in [-0.2, 0) is 9.31 Å². The zero-order valence-electron chi connectivity index (χ0n) is 14.4. The molecule has 3 rings (SSSR count). The van der Waals surface area contributed by atoms with Gasteiger partial charge in [-0.1, -0.05) is 30.3 Å². The van der Waals surface area contributed by atoms with Gasteiger partial charge in [-0.2, -0.15) is 0 Å². The van der Waals surface area contributed by atoms with Gasteiger partial charge in [0.05, 0.1) is 16.9 Å². The summed E-state index contributed by atoms with van der Waals surface area (Å²) in [6, 6.07) is 13.4. The minimum absolute atomic E-state index is 0.445. The Hall–Kier alpha value is -1.98. The summed E-state index contributed by atoms with van der Waals surface area (Å²) in [7, 11) is -0.983. The first kappa shape index (κ1) is 16.9. The molecule has 0 saturated carbocycles. The standard InChI is InChI=1S/C19H21BFNO2/c1-18(2)19(3,4)24-20(23-18)17(21)13-14-10-11-22-16(12-14)15-8-6-5-7-9-15/h5-13H,1-4H3. The van der Waals surface area contributed by atoms with Crippen molar-refractivity contribution in [3.8, 4) is 11.3 Å². The Balaban J connectivity index is 1.84. The zero-order valence-corrected chi connectivity index (χ0v) is 14.4. The van der Waals surface area contributed by atoms with Crippen LogP contribution in [0.3, 0.4) is 0 Å². The second-order valence-electron chi connectivity index (χ2n) is 6.96. The molecule has 0 bridgehead atoms. The molecule has 1 saturated heterocycles. The predicted molar refractivity (Wildman–Crippen MR) is 94.8 cm³/mol. The van der Waals surface area contributed by atoms with Gasteiger partial charge in [0.1, 0.15) is 5.73 Å². The number of halogens is 1. The number of hydrogen-bond donors (Lipinski definition) is 0. The van der Waals surface area contributed by atoms with E-state index in [2.05, 4.69) is 4.98 Å². The highest BCUT2D eigenvalue weighted by atomic mass is 19.1. The van der Waals surface area contributed by atoms with Gasteiger partial charge in [-0.3, -0.25) is 4.98 Å². The van der Waals surface area contributed by atoms with Gasteiger partial charge in [-0.15, -0.1) is 0 Å². The molecule has 0 radical (unpaired) electrons. The average Bonchev–Trinajstić information content (AvgIpc) is 2.77. The van der Waals surface area contributed by atoms with E-state index in [4.69, 9.17) is 9.31 Å². The second kappa shape index (κ2) is 6.15. The van der Waals surface area contributed by atoms with Gasteiger partial charge in [0.2, 0.25) is 0 Å². The van der Waals surface area contributed by atoms with Crippen molar-refractivity contribution < 1.29 is 13.7 Å². The molecule has 0 N–H and O–H groups in total. The highest BCUT2D eigenvalue weighted by molar-refractivity contribution is 6.54. The van der Waals surface area contributed by atoms with E-state index in [0.717, 1.165) is 16.8 Å². The van der Waals surface area contributed by atoms with Crippen molar-refractivity contribution in [3.05, 3.63) is 60.0 Å². The Kier molecular flexibility index (Phi) is 4.32. The molecule has 1 aliphatic heterocycles. The summed E-state index contributed by atoms with van der Waals surface area (Å²) in [5.41, 5.74) is 0.942. The molecule has 0 amide bonds. The number of benzene rings is 1. The zero-order chi connectivity index (χ0) is 17.4. The van der Waals surface area contributed by atoms with Crippen LogP contribution in [0.1, 0.15) is 33.3 Å². The monoisotopic (exact) mass is 325 g/mol. The van der Waals surface area contributed by atoms with Gasteiger partial charge < -0.3 is 9.31 Å². The van der Waals surface area contributed by atoms with Crippen LogP contribution in [0.4, 0.5) is 4.39 Å². The first-order valence-electron chi connectivity index (χ1n) is 8.03. The molecule has 1 aromatic heterocycles. The van der Waals surface area contributed by atoms with Crippen molar-refractivity contribution in [1.29, 1.82) is 0 Å². The van der Waals surface area contributed by atoms with Gasteiger partial charge in [-0.25, -0.2) is 4.39 Å². The molecule has 1 aromatic carbocycles. The Labute approximate surface area is 142 Å². The van der Waals surface area contributed by atoms with E-state index >= 15 is 0 Å². The third-order valence-electron chi connectivity index (χ3n) is 4.64. The van der Waals surface area contributed by atoms with Gasteiger partial charge >= 0.3 is 7.12 Å². The van der Waals surface area contributed by atoms with E-state index in [1.54, 1.807) is 12.3 Å². The molecule has 2 aromatic rings. The van der Waals surface area contributed by atoms with Gasteiger partial charge in [0.25, 0.3) is 0 Å². The van der Waals surface area contributed by atoms with E-state index in [0.29, 0.717) is 0 Å². The van der Waals surface area contributed by atoms with Crippen LogP contribution in [0.15, 0.2) is 54.4 Å². The minimum Gasteiger partial charge on any atom is -0.398 e. The molecule has 1 fully saturated rings. The van der Waals surface area contributed by atoms with Gasteiger partial charge in [-0.05, 0) is 51.5 Å². The summed E-state index contributed by atoms with van der Waals surface area (Å²) in [5, 5.41) is 0. The molecule has 124 valence electrons.